The Kier molecular flexibility index (Phi) is 7.47. The zero-order chi connectivity index (χ0) is 25.1. The lowest BCUT2D eigenvalue weighted by Gasteiger charge is -2.49. The number of fused-ring (bicyclic) bond motifs is 1. The lowest BCUT2D eigenvalue weighted by Crippen LogP contribution is -2.71. The minimum atomic E-state index is -1.18. The molecule has 0 bridgehead atoms. The fraction of sp³-hybridized carbons (Fsp3) is 0.300. The molecule has 0 unspecified atom stereocenters. The van der Waals surface area contributed by atoms with E-state index >= 15 is 0 Å². The van der Waals surface area contributed by atoms with Crippen molar-refractivity contribution in [3.8, 4) is 0 Å². The summed E-state index contributed by atoms with van der Waals surface area (Å²) in [5.41, 5.74) is 9.32. The predicted octanol–water partition coefficient (Wildman–Crippen LogP) is 0.0675. The van der Waals surface area contributed by atoms with E-state index in [-0.39, 0.29) is 22.2 Å². The Bertz CT molecular complexity index is 1210. The third-order valence-corrected chi connectivity index (χ3v) is 8.28. The van der Waals surface area contributed by atoms with Gasteiger partial charge in [-0.15, -0.1) is 34.9 Å². The van der Waals surface area contributed by atoms with Crippen molar-refractivity contribution in [2.75, 3.05) is 36.8 Å². The highest BCUT2D eigenvalue weighted by atomic mass is 32.2. The van der Waals surface area contributed by atoms with Crippen LogP contribution < -0.4 is 21.2 Å². The van der Waals surface area contributed by atoms with Crippen LogP contribution in [0.25, 0.3) is 0 Å². The number of nitrogen functional groups attached to an aromatic ring is 1. The number of nitrogens with zero attached hydrogens (tertiary/aromatic N) is 4. The first-order valence-electron chi connectivity index (χ1n) is 10.2. The third kappa shape index (κ3) is 5.06. The predicted molar refractivity (Wildman–Crippen MR) is 132 cm³/mol. The average Bonchev–Trinajstić information content (AvgIpc) is 3.29. The van der Waals surface area contributed by atoms with E-state index in [0.29, 0.717) is 17.1 Å². The van der Waals surface area contributed by atoms with E-state index in [2.05, 4.69) is 20.9 Å². The van der Waals surface area contributed by atoms with Crippen LogP contribution in [0.15, 0.2) is 51.2 Å². The lowest BCUT2D eigenvalue weighted by atomic mass is 10.0. The van der Waals surface area contributed by atoms with Crippen LogP contribution in [0.4, 0.5) is 5.13 Å². The summed E-state index contributed by atoms with van der Waals surface area (Å²) in [6.07, 6.45) is 3.71. The number of hydrogen-bond donors (Lipinski definition) is 4. The molecule has 4 heterocycles. The van der Waals surface area contributed by atoms with Crippen LogP contribution in [0.2, 0.25) is 0 Å². The summed E-state index contributed by atoms with van der Waals surface area (Å²) in [5, 5.41) is 17.5. The molecule has 2 atom stereocenters. The van der Waals surface area contributed by atoms with Crippen molar-refractivity contribution < 1.29 is 29.0 Å². The van der Waals surface area contributed by atoms with E-state index in [1.54, 1.807) is 17.1 Å². The fourth-order valence-corrected chi connectivity index (χ4v) is 6.44. The van der Waals surface area contributed by atoms with Crippen molar-refractivity contribution in [3.05, 3.63) is 46.9 Å². The molecule has 4 rings (SSSR count). The molecule has 1 saturated heterocycles. The van der Waals surface area contributed by atoms with Crippen LogP contribution in [-0.4, -0.2) is 75.6 Å². The largest absolute Gasteiger partial charge is 0.477 e. The number of carboxylic acid groups (broad SMARTS) is 1. The average molecular weight is 537 g/mol. The summed E-state index contributed by atoms with van der Waals surface area (Å²) in [4.78, 5) is 48.8. The van der Waals surface area contributed by atoms with Gasteiger partial charge in [-0.05, 0) is 5.57 Å². The number of aromatic nitrogens is 2. The van der Waals surface area contributed by atoms with Gasteiger partial charge in [0.25, 0.3) is 11.8 Å². The minimum Gasteiger partial charge on any atom is -0.477 e. The molecular formula is C20H22N7O5S3+. The van der Waals surface area contributed by atoms with Gasteiger partial charge in [-0.3, -0.25) is 14.5 Å². The number of pyridine rings is 1. The molecule has 1 fully saturated rings. The number of nitrogens with one attached hydrogen (secondary N) is 2. The minimum absolute atomic E-state index is 0.0315. The maximum atomic E-state index is 12.9. The first-order valence-corrected chi connectivity index (χ1v) is 13.1. The Morgan fingerprint density at radius 2 is 2.17 bits per heavy atom. The van der Waals surface area contributed by atoms with Crippen molar-refractivity contribution >= 4 is 63.5 Å². The van der Waals surface area contributed by atoms with E-state index in [1.807, 2.05) is 24.5 Å². The summed E-state index contributed by atoms with van der Waals surface area (Å²) < 4.78 is 1.78. The van der Waals surface area contributed by atoms with Gasteiger partial charge in [0.05, 0.1) is 7.05 Å². The maximum Gasteiger partial charge on any atom is 0.352 e. The molecule has 0 radical (unpaired) electrons. The van der Waals surface area contributed by atoms with Gasteiger partial charge in [0.2, 0.25) is 12.4 Å². The Morgan fingerprint density at radius 3 is 2.77 bits per heavy atom. The van der Waals surface area contributed by atoms with Crippen LogP contribution >= 0.6 is 34.9 Å². The van der Waals surface area contributed by atoms with Crippen LogP contribution in [0.1, 0.15) is 5.69 Å². The van der Waals surface area contributed by atoms with Crippen molar-refractivity contribution in [2.45, 2.75) is 16.3 Å². The first kappa shape index (κ1) is 24.8. The molecule has 2 aromatic heterocycles. The smallest absolute Gasteiger partial charge is 0.352 e. The topological polar surface area (TPSA) is 163 Å². The number of nitrogens with two attached hydrogens (primary N) is 1. The molecule has 0 spiro atoms. The zero-order valence-corrected chi connectivity index (χ0v) is 21.1. The second kappa shape index (κ2) is 10.5. The lowest BCUT2D eigenvalue weighted by molar-refractivity contribution is -0.647. The van der Waals surface area contributed by atoms with Gasteiger partial charge in [0.1, 0.15) is 29.9 Å². The number of amides is 2. The number of oxime groups is 1. The molecule has 35 heavy (non-hydrogen) atoms. The van der Waals surface area contributed by atoms with E-state index in [9.17, 15) is 19.5 Å². The number of thiazole rings is 1. The summed E-state index contributed by atoms with van der Waals surface area (Å²) in [6, 6.07) is 2.92. The third-order valence-electron chi connectivity index (χ3n) is 5.17. The molecule has 15 heteroatoms. The number of anilines is 1. The van der Waals surface area contributed by atoms with Crippen molar-refractivity contribution in [3.63, 3.8) is 0 Å². The van der Waals surface area contributed by atoms with E-state index in [4.69, 9.17) is 10.6 Å². The highest BCUT2D eigenvalue weighted by Gasteiger charge is 2.54. The summed E-state index contributed by atoms with van der Waals surface area (Å²) in [7, 11) is 3.08. The van der Waals surface area contributed by atoms with Crippen LogP contribution in [-0.2, 0) is 19.2 Å². The Balaban J connectivity index is 1.47. The molecular weight excluding hydrogens is 514 g/mol. The highest BCUT2D eigenvalue weighted by molar-refractivity contribution is 8.01. The number of hydrogen-bond acceptors (Lipinski definition) is 11. The zero-order valence-electron chi connectivity index (χ0n) is 18.6. The van der Waals surface area contributed by atoms with Gasteiger partial charge in [0.15, 0.2) is 10.8 Å². The Morgan fingerprint density at radius 1 is 1.43 bits per heavy atom. The number of thioether (sulfide) groups is 2. The van der Waals surface area contributed by atoms with Crippen LogP contribution in [0.5, 0.6) is 0 Å². The van der Waals surface area contributed by atoms with Crippen molar-refractivity contribution in [1.29, 1.82) is 0 Å². The first-order chi connectivity index (χ1) is 16.8. The SMILES string of the molecule is CN[n+]1ccc(SCC2=C(C(=O)O)N3C(=O)[C@H](NC(=O)/C(=N/OC)c4csc(N)n4)[C@@H]3SC2)cc1. The fourth-order valence-electron chi connectivity index (χ4n) is 3.52. The van der Waals surface area contributed by atoms with E-state index < -0.39 is 29.2 Å². The number of rotatable bonds is 9. The van der Waals surface area contributed by atoms with Gasteiger partial charge in [-0.25, -0.2) is 9.78 Å². The number of β-lactam (4-membered cyclic amide) rings is 1. The number of carbonyl (C=O) groups excluding carboxylic acids is 2. The maximum absolute atomic E-state index is 12.9. The molecule has 0 aliphatic carbocycles. The highest BCUT2D eigenvalue weighted by Crippen LogP contribution is 2.41. The molecule has 2 aliphatic rings. The molecule has 0 aromatic carbocycles. The van der Waals surface area contributed by atoms with Gasteiger partial charge in [0, 0.05) is 33.9 Å². The van der Waals surface area contributed by atoms with Gasteiger partial charge < -0.3 is 21.0 Å². The second-order valence-corrected chi connectivity index (χ2v) is 10.3. The van der Waals surface area contributed by atoms with Gasteiger partial charge in [-0.1, -0.05) is 9.83 Å². The van der Waals surface area contributed by atoms with E-state index in [1.165, 1.54) is 35.5 Å². The standard InChI is InChI=1S/C20H21N7O5S3/c1-22-26-5-3-11(4-6-26)33-7-10-8-34-18-14(17(29)27(18)15(10)19(30)31)24-16(28)13(25-32-2)12-9-35-20(21)23-12/h3-6,9,14,18,22H,7-8H2,1-2H3,(H3-,21,23,24,28,30,31)/p+1/b25-13+/t14-,18-/m0/s1. The van der Waals surface area contributed by atoms with Gasteiger partial charge in [-0.2, -0.15) is 5.43 Å². The normalized spacial score (nSPS) is 19.7. The quantitative estimate of drug-likeness (QED) is 0.113. The number of carboxylic acids is 1. The Hall–Kier alpha value is -3.30. The second-order valence-electron chi connectivity index (χ2n) is 7.27. The monoisotopic (exact) mass is 536 g/mol. The molecule has 2 amide bonds. The Labute approximate surface area is 212 Å². The van der Waals surface area contributed by atoms with Gasteiger partial charge >= 0.3 is 5.97 Å². The number of carbonyl (C=O) groups is 3. The number of aliphatic carboxylic acids is 1. The van der Waals surface area contributed by atoms with Crippen LogP contribution in [0, 0.1) is 0 Å². The molecule has 0 saturated carbocycles. The molecule has 2 aromatic rings. The summed E-state index contributed by atoms with van der Waals surface area (Å²) in [5.74, 6) is -1.51. The molecule has 184 valence electrons. The summed E-state index contributed by atoms with van der Waals surface area (Å²) in [6.45, 7) is 0. The van der Waals surface area contributed by atoms with Crippen molar-refractivity contribution in [2.24, 2.45) is 5.16 Å². The summed E-state index contributed by atoms with van der Waals surface area (Å²) >= 11 is 4.02. The molecule has 5 N–H and O–H groups in total. The van der Waals surface area contributed by atoms with Crippen molar-refractivity contribution in [1.82, 2.24) is 15.2 Å². The molecule has 12 nitrogen and oxygen atoms in total. The van der Waals surface area contributed by atoms with Crippen LogP contribution in [0.3, 0.4) is 0 Å². The molecule has 2 aliphatic heterocycles. The van der Waals surface area contributed by atoms with E-state index in [0.717, 1.165) is 16.2 Å².